The van der Waals surface area contributed by atoms with Crippen molar-refractivity contribution in [1.29, 1.82) is 0 Å². The average molecular weight is 386 g/mol. The molecule has 2 heterocycles. The summed E-state index contributed by atoms with van der Waals surface area (Å²) in [6, 6.07) is 0.816. The van der Waals surface area contributed by atoms with Gasteiger partial charge in [-0.05, 0) is 38.7 Å². The highest BCUT2D eigenvalue weighted by atomic mass is 16.1. The van der Waals surface area contributed by atoms with Crippen molar-refractivity contribution in [2.24, 2.45) is 0 Å². The summed E-state index contributed by atoms with van der Waals surface area (Å²) in [5, 5.41) is 3.02. The molecule has 0 aromatic carbocycles. The SMILES string of the molecule is C/C=C(\C)CC(=O)NCCc1nc(N2CCN(C3CCC3)CC2)ncc1CC. The second-order valence-electron chi connectivity index (χ2n) is 8.01. The average Bonchev–Trinajstić information content (AvgIpc) is 2.67. The number of carbonyl (C=O) groups excluding carboxylic acids is 1. The Morgan fingerprint density at radius 3 is 2.64 bits per heavy atom. The first kappa shape index (κ1) is 20.8. The number of aromatic nitrogens is 2. The van der Waals surface area contributed by atoms with Gasteiger partial charge in [-0.2, -0.15) is 0 Å². The van der Waals surface area contributed by atoms with Crippen LogP contribution >= 0.6 is 0 Å². The topological polar surface area (TPSA) is 61.4 Å². The van der Waals surface area contributed by atoms with E-state index in [0.29, 0.717) is 13.0 Å². The molecule has 1 aliphatic heterocycles. The molecule has 6 heteroatoms. The van der Waals surface area contributed by atoms with E-state index in [9.17, 15) is 4.79 Å². The molecule has 1 saturated carbocycles. The van der Waals surface area contributed by atoms with Crippen molar-refractivity contribution >= 4 is 11.9 Å². The van der Waals surface area contributed by atoms with Crippen LogP contribution in [-0.4, -0.2) is 59.5 Å². The van der Waals surface area contributed by atoms with Crippen LogP contribution < -0.4 is 10.2 Å². The normalized spacial score (nSPS) is 18.8. The molecule has 0 spiro atoms. The molecule has 1 aliphatic carbocycles. The quantitative estimate of drug-likeness (QED) is 0.697. The number of hydrogen-bond donors (Lipinski definition) is 1. The molecule has 1 aromatic rings. The van der Waals surface area contributed by atoms with Crippen molar-refractivity contribution in [1.82, 2.24) is 20.2 Å². The van der Waals surface area contributed by atoms with E-state index in [4.69, 9.17) is 4.98 Å². The fourth-order valence-electron chi connectivity index (χ4n) is 3.87. The Balaban J connectivity index is 1.55. The minimum atomic E-state index is 0.0787. The minimum Gasteiger partial charge on any atom is -0.355 e. The molecule has 0 atom stereocenters. The van der Waals surface area contributed by atoms with Crippen LogP contribution in [0.2, 0.25) is 0 Å². The number of piperazine rings is 1. The fourth-order valence-corrected chi connectivity index (χ4v) is 3.87. The molecule has 0 bridgehead atoms. The summed E-state index contributed by atoms with van der Waals surface area (Å²) in [5.74, 6) is 0.923. The second kappa shape index (κ2) is 10.0. The summed E-state index contributed by atoms with van der Waals surface area (Å²) in [7, 11) is 0. The highest BCUT2D eigenvalue weighted by Crippen LogP contribution is 2.26. The van der Waals surface area contributed by atoms with E-state index in [1.165, 1.54) is 24.8 Å². The monoisotopic (exact) mass is 385 g/mol. The first-order valence-corrected chi connectivity index (χ1v) is 10.8. The van der Waals surface area contributed by atoms with Crippen LogP contribution in [0, 0.1) is 0 Å². The van der Waals surface area contributed by atoms with Gasteiger partial charge in [-0.25, -0.2) is 9.97 Å². The van der Waals surface area contributed by atoms with Crippen LogP contribution in [0.25, 0.3) is 0 Å². The summed E-state index contributed by atoms with van der Waals surface area (Å²) in [5.41, 5.74) is 3.34. The molecular weight excluding hydrogens is 350 g/mol. The molecule has 6 nitrogen and oxygen atoms in total. The van der Waals surface area contributed by atoms with Gasteiger partial charge in [-0.1, -0.05) is 25.0 Å². The van der Waals surface area contributed by atoms with Gasteiger partial charge in [-0.3, -0.25) is 9.69 Å². The largest absolute Gasteiger partial charge is 0.355 e. The predicted molar refractivity (Wildman–Crippen MR) is 114 cm³/mol. The van der Waals surface area contributed by atoms with Crippen molar-refractivity contribution in [3.05, 3.63) is 29.1 Å². The van der Waals surface area contributed by atoms with E-state index in [-0.39, 0.29) is 5.91 Å². The number of hydrogen-bond acceptors (Lipinski definition) is 5. The first-order valence-electron chi connectivity index (χ1n) is 10.8. The molecule has 2 aliphatic rings. The van der Waals surface area contributed by atoms with Gasteiger partial charge in [0, 0.05) is 57.8 Å². The maximum Gasteiger partial charge on any atom is 0.225 e. The lowest BCUT2D eigenvalue weighted by Crippen LogP contribution is -2.52. The van der Waals surface area contributed by atoms with Gasteiger partial charge in [-0.15, -0.1) is 0 Å². The van der Waals surface area contributed by atoms with Crippen LogP contribution in [-0.2, 0) is 17.6 Å². The molecule has 154 valence electrons. The zero-order valence-corrected chi connectivity index (χ0v) is 17.7. The fraction of sp³-hybridized carbons (Fsp3) is 0.682. The molecule has 3 rings (SSSR count). The zero-order chi connectivity index (χ0) is 19.9. The van der Waals surface area contributed by atoms with Crippen molar-refractivity contribution in [2.45, 2.75) is 65.3 Å². The minimum absolute atomic E-state index is 0.0787. The van der Waals surface area contributed by atoms with E-state index < -0.39 is 0 Å². The number of anilines is 1. The number of rotatable bonds is 8. The summed E-state index contributed by atoms with van der Waals surface area (Å²) in [4.78, 5) is 26.4. The molecule has 1 amide bonds. The molecule has 1 N–H and O–H groups in total. The summed E-state index contributed by atoms with van der Waals surface area (Å²) in [6.07, 6.45) is 10.2. The van der Waals surface area contributed by atoms with Crippen LogP contribution in [0.5, 0.6) is 0 Å². The van der Waals surface area contributed by atoms with E-state index in [1.54, 1.807) is 0 Å². The molecule has 1 saturated heterocycles. The lowest BCUT2D eigenvalue weighted by Gasteiger charge is -2.43. The Hall–Kier alpha value is -1.95. The van der Waals surface area contributed by atoms with E-state index in [2.05, 4.69) is 27.0 Å². The number of nitrogens with zero attached hydrogens (tertiary/aromatic N) is 4. The Bertz CT molecular complexity index is 690. The van der Waals surface area contributed by atoms with E-state index >= 15 is 0 Å². The Kier molecular flexibility index (Phi) is 7.43. The van der Waals surface area contributed by atoms with Gasteiger partial charge in [0.25, 0.3) is 0 Å². The summed E-state index contributed by atoms with van der Waals surface area (Å²) in [6.45, 7) is 10.9. The lowest BCUT2D eigenvalue weighted by atomic mass is 9.91. The van der Waals surface area contributed by atoms with Gasteiger partial charge >= 0.3 is 0 Å². The number of allylic oxidation sites excluding steroid dienone is 1. The van der Waals surface area contributed by atoms with Gasteiger partial charge in [0.05, 0.1) is 5.69 Å². The summed E-state index contributed by atoms with van der Waals surface area (Å²) >= 11 is 0. The maximum absolute atomic E-state index is 12.0. The number of amides is 1. The molecule has 1 aromatic heterocycles. The maximum atomic E-state index is 12.0. The highest BCUT2D eigenvalue weighted by molar-refractivity contribution is 5.78. The predicted octanol–water partition coefficient (Wildman–Crippen LogP) is 2.73. The first-order chi connectivity index (χ1) is 13.6. The third-order valence-corrected chi connectivity index (χ3v) is 6.13. The molecule has 0 radical (unpaired) electrons. The molecule has 28 heavy (non-hydrogen) atoms. The van der Waals surface area contributed by atoms with Crippen LogP contribution in [0.4, 0.5) is 5.95 Å². The smallest absolute Gasteiger partial charge is 0.225 e. The van der Waals surface area contributed by atoms with Crippen molar-refractivity contribution in [3.8, 4) is 0 Å². The number of carbonyl (C=O) groups is 1. The zero-order valence-electron chi connectivity index (χ0n) is 17.7. The lowest BCUT2D eigenvalue weighted by molar-refractivity contribution is -0.120. The van der Waals surface area contributed by atoms with Crippen LogP contribution in [0.3, 0.4) is 0 Å². The third kappa shape index (κ3) is 5.31. The molecule has 0 unspecified atom stereocenters. The summed E-state index contributed by atoms with van der Waals surface area (Å²) < 4.78 is 0. The number of aryl methyl sites for hydroxylation is 1. The Labute approximate surface area is 169 Å². The van der Waals surface area contributed by atoms with E-state index in [0.717, 1.165) is 62.3 Å². The molecular formula is C22H35N5O. The van der Waals surface area contributed by atoms with Gasteiger partial charge in [0.2, 0.25) is 11.9 Å². The highest BCUT2D eigenvalue weighted by Gasteiger charge is 2.28. The number of nitrogens with one attached hydrogen (secondary N) is 1. The van der Waals surface area contributed by atoms with Gasteiger partial charge in [0.15, 0.2) is 0 Å². The standard InChI is InChI=1S/C22H35N5O/c1-4-17(3)15-21(28)23-10-9-20-18(5-2)16-24-22(25-20)27-13-11-26(12-14-27)19-7-6-8-19/h4,16,19H,5-15H2,1-3H3,(H,23,28)/b17-4+. The van der Waals surface area contributed by atoms with Crippen molar-refractivity contribution in [2.75, 3.05) is 37.6 Å². The third-order valence-electron chi connectivity index (χ3n) is 6.13. The van der Waals surface area contributed by atoms with Gasteiger partial charge < -0.3 is 10.2 Å². The van der Waals surface area contributed by atoms with Crippen LogP contribution in [0.1, 0.15) is 57.7 Å². The Morgan fingerprint density at radius 2 is 2.04 bits per heavy atom. The Morgan fingerprint density at radius 1 is 1.29 bits per heavy atom. The van der Waals surface area contributed by atoms with Crippen LogP contribution in [0.15, 0.2) is 17.8 Å². The van der Waals surface area contributed by atoms with Gasteiger partial charge in [0.1, 0.15) is 0 Å². The van der Waals surface area contributed by atoms with E-state index in [1.807, 2.05) is 26.1 Å². The second-order valence-corrected chi connectivity index (χ2v) is 8.01. The van der Waals surface area contributed by atoms with Crippen molar-refractivity contribution in [3.63, 3.8) is 0 Å². The molecule has 2 fully saturated rings. The van der Waals surface area contributed by atoms with Crippen molar-refractivity contribution < 1.29 is 4.79 Å².